The van der Waals surface area contributed by atoms with Gasteiger partial charge in [-0.15, -0.1) is 0 Å². The highest BCUT2D eigenvalue weighted by Gasteiger charge is 2.16. The van der Waals surface area contributed by atoms with Crippen molar-refractivity contribution in [3.63, 3.8) is 0 Å². The number of nitrogens with one attached hydrogen (secondary N) is 3. The molecule has 1 aromatic carbocycles. The second-order valence-electron chi connectivity index (χ2n) is 6.85. The van der Waals surface area contributed by atoms with Gasteiger partial charge in [0.25, 0.3) is 0 Å². The summed E-state index contributed by atoms with van der Waals surface area (Å²) in [5, 5.41) is 14.9. The van der Waals surface area contributed by atoms with Crippen molar-refractivity contribution in [3.05, 3.63) is 47.5 Å². The molecule has 27 heavy (non-hydrogen) atoms. The summed E-state index contributed by atoms with van der Waals surface area (Å²) in [4.78, 5) is 21.1. The second-order valence-corrected chi connectivity index (χ2v) is 6.85. The highest BCUT2D eigenvalue weighted by Crippen LogP contribution is 2.21. The van der Waals surface area contributed by atoms with Crippen LogP contribution in [0.3, 0.4) is 0 Å². The van der Waals surface area contributed by atoms with Gasteiger partial charge in [0.2, 0.25) is 5.91 Å². The van der Waals surface area contributed by atoms with Crippen molar-refractivity contribution in [2.24, 2.45) is 0 Å². The first kappa shape index (κ1) is 17.4. The molecule has 1 atom stereocenters. The van der Waals surface area contributed by atoms with Gasteiger partial charge in [-0.05, 0) is 32.0 Å². The lowest BCUT2D eigenvalue weighted by atomic mass is 10.1. The van der Waals surface area contributed by atoms with Crippen LogP contribution in [0.25, 0.3) is 10.9 Å². The Morgan fingerprint density at radius 2 is 2.22 bits per heavy atom. The summed E-state index contributed by atoms with van der Waals surface area (Å²) in [6.07, 6.45) is 1.51. The monoisotopic (exact) mass is 365 g/mol. The van der Waals surface area contributed by atoms with Crippen LogP contribution in [-0.2, 0) is 24.4 Å². The zero-order chi connectivity index (χ0) is 18.8. The summed E-state index contributed by atoms with van der Waals surface area (Å²) in [7, 11) is 0. The van der Waals surface area contributed by atoms with Crippen LogP contribution in [0.1, 0.15) is 23.9 Å². The molecule has 8 nitrogen and oxygen atoms in total. The normalized spacial score (nSPS) is 14.6. The van der Waals surface area contributed by atoms with Crippen LogP contribution in [0.4, 0.5) is 5.82 Å². The van der Waals surface area contributed by atoms with Gasteiger partial charge in [-0.25, -0.2) is 9.97 Å². The first-order chi connectivity index (χ1) is 13.1. The van der Waals surface area contributed by atoms with Gasteiger partial charge in [0, 0.05) is 18.5 Å². The first-order valence-electron chi connectivity index (χ1n) is 9.12. The number of carbonyl (C=O) groups excluding carboxylic acids is 1. The Morgan fingerprint density at radius 3 is 3.07 bits per heavy atom. The molecule has 3 aromatic rings. The van der Waals surface area contributed by atoms with Crippen LogP contribution < -0.4 is 16.0 Å². The van der Waals surface area contributed by atoms with Gasteiger partial charge in [-0.1, -0.05) is 11.6 Å². The molecule has 0 aliphatic carbocycles. The van der Waals surface area contributed by atoms with Crippen LogP contribution in [0.2, 0.25) is 0 Å². The molecule has 0 unspecified atom stereocenters. The zero-order valence-electron chi connectivity index (χ0n) is 15.5. The van der Waals surface area contributed by atoms with Gasteiger partial charge >= 0.3 is 0 Å². The average molecular weight is 365 g/mol. The summed E-state index contributed by atoms with van der Waals surface area (Å²) >= 11 is 0. The Kier molecular flexibility index (Phi) is 4.72. The Hall–Kier alpha value is -3.00. The molecular formula is C19H23N7O. The number of hydrogen-bond donors (Lipinski definition) is 3. The fraction of sp³-hybridized carbons (Fsp3) is 0.368. The van der Waals surface area contributed by atoms with E-state index in [1.165, 1.54) is 6.33 Å². The van der Waals surface area contributed by atoms with Gasteiger partial charge < -0.3 is 16.0 Å². The maximum Gasteiger partial charge on any atom is 0.242 e. The molecule has 0 saturated heterocycles. The van der Waals surface area contributed by atoms with Crippen molar-refractivity contribution in [3.8, 4) is 0 Å². The largest absolute Gasteiger partial charge is 0.358 e. The van der Waals surface area contributed by atoms with Gasteiger partial charge in [-0.3, -0.25) is 9.48 Å². The number of rotatable bonds is 5. The number of aromatic nitrogens is 4. The number of anilines is 1. The van der Waals surface area contributed by atoms with E-state index >= 15 is 0 Å². The molecule has 140 valence electrons. The molecule has 4 rings (SSSR count). The minimum Gasteiger partial charge on any atom is -0.358 e. The molecule has 8 heteroatoms. The molecule has 0 saturated carbocycles. The lowest BCUT2D eigenvalue weighted by molar-refractivity contribution is -0.121. The highest BCUT2D eigenvalue weighted by atomic mass is 16.2. The lowest BCUT2D eigenvalue weighted by Crippen LogP contribution is -2.37. The van der Waals surface area contributed by atoms with Crippen molar-refractivity contribution >= 4 is 22.6 Å². The van der Waals surface area contributed by atoms with E-state index in [-0.39, 0.29) is 5.91 Å². The maximum absolute atomic E-state index is 12.5. The van der Waals surface area contributed by atoms with Crippen LogP contribution in [-0.4, -0.2) is 38.2 Å². The summed E-state index contributed by atoms with van der Waals surface area (Å²) in [6, 6.07) is 7.59. The number of aryl methyl sites for hydroxylation is 1. The predicted molar refractivity (Wildman–Crippen MR) is 103 cm³/mol. The Balaban J connectivity index is 1.41. The third-order valence-corrected chi connectivity index (χ3v) is 4.70. The Morgan fingerprint density at radius 1 is 1.33 bits per heavy atom. The van der Waals surface area contributed by atoms with Gasteiger partial charge in [0.15, 0.2) is 0 Å². The molecular weight excluding hydrogens is 342 g/mol. The number of fused-ring (bicyclic) bond motifs is 2. The number of amides is 1. The van der Waals surface area contributed by atoms with E-state index in [0.717, 1.165) is 47.5 Å². The number of benzene rings is 1. The van der Waals surface area contributed by atoms with Gasteiger partial charge in [-0.2, -0.15) is 5.10 Å². The molecule has 3 N–H and O–H groups in total. The third kappa shape index (κ3) is 3.75. The standard InChI is InChI=1S/C19H23N7O/c1-12-3-4-17-16(7-12)18(23-11-22-17)24-13(2)19(27)21-9-14-8-15-10-20-5-6-26(15)25-14/h3-4,7-8,11,13,20H,5-6,9-10H2,1-2H3,(H,21,27)(H,22,23,24)/t13-/m0/s1. The lowest BCUT2D eigenvalue weighted by Gasteiger charge is -2.15. The predicted octanol–water partition coefficient (Wildman–Crippen LogP) is 1.35. The molecule has 3 heterocycles. The molecule has 1 aliphatic heterocycles. The number of carbonyl (C=O) groups is 1. The van der Waals surface area contributed by atoms with Crippen LogP contribution in [0, 0.1) is 6.92 Å². The minimum absolute atomic E-state index is 0.0986. The Labute approximate surface area is 157 Å². The molecule has 1 aliphatic rings. The van der Waals surface area contributed by atoms with Crippen LogP contribution in [0.15, 0.2) is 30.6 Å². The van der Waals surface area contributed by atoms with Crippen LogP contribution >= 0.6 is 0 Å². The highest BCUT2D eigenvalue weighted by molar-refractivity contribution is 5.92. The van der Waals surface area contributed by atoms with E-state index in [4.69, 9.17) is 0 Å². The quantitative estimate of drug-likeness (QED) is 0.632. The van der Waals surface area contributed by atoms with E-state index in [2.05, 4.69) is 31.0 Å². The maximum atomic E-state index is 12.5. The van der Waals surface area contributed by atoms with Crippen molar-refractivity contribution in [2.45, 2.75) is 39.5 Å². The van der Waals surface area contributed by atoms with E-state index in [1.54, 1.807) is 0 Å². The topological polar surface area (TPSA) is 96.8 Å². The smallest absolute Gasteiger partial charge is 0.242 e. The average Bonchev–Trinajstić information content (AvgIpc) is 3.09. The van der Waals surface area contributed by atoms with E-state index in [9.17, 15) is 4.79 Å². The van der Waals surface area contributed by atoms with Crippen molar-refractivity contribution < 1.29 is 4.79 Å². The molecule has 2 aromatic heterocycles. The molecule has 0 radical (unpaired) electrons. The molecule has 0 bridgehead atoms. The Bertz CT molecular complexity index is 958. The van der Waals surface area contributed by atoms with E-state index in [0.29, 0.717) is 12.4 Å². The van der Waals surface area contributed by atoms with Crippen molar-refractivity contribution in [2.75, 3.05) is 11.9 Å². The SMILES string of the molecule is Cc1ccc2ncnc(N[C@@H](C)C(=O)NCc3cc4n(n3)CCNC4)c2c1. The molecule has 0 spiro atoms. The molecule has 1 amide bonds. The fourth-order valence-electron chi connectivity index (χ4n) is 3.23. The van der Waals surface area contributed by atoms with Gasteiger partial charge in [0.05, 0.1) is 30.0 Å². The van der Waals surface area contributed by atoms with Crippen LogP contribution in [0.5, 0.6) is 0 Å². The summed E-state index contributed by atoms with van der Waals surface area (Å²) in [6.45, 7) is 6.86. The molecule has 0 fully saturated rings. The number of hydrogen-bond acceptors (Lipinski definition) is 6. The summed E-state index contributed by atoms with van der Waals surface area (Å²) in [5.41, 5.74) is 4.00. The fourth-order valence-corrected chi connectivity index (χ4v) is 3.23. The van der Waals surface area contributed by atoms with Crippen molar-refractivity contribution in [1.29, 1.82) is 0 Å². The minimum atomic E-state index is -0.428. The van der Waals surface area contributed by atoms with E-state index in [1.807, 2.05) is 42.8 Å². The van der Waals surface area contributed by atoms with E-state index < -0.39 is 6.04 Å². The summed E-state index contributed by atoms with van der Waals surface area (Å²) in [5.74, 6) is 0.563. The van der Waals surface area contributed by atoms with Gasteiger partial charge in [0.1, 0.15) is 18.2 Å². The second kappa shape index (κ2) is 7.32. The third-order valence-electron chi connectivity index (χ3n) is 4.70. The summed E-state index contributed by atoms with van der Waals surface area (Å²) < 4.78 is 2.00. The zero-order valence-corrected chi connectivity index (χ0v) is 15.5. The first-order valence-corrected chi connectivity index (χ1v) is 9.12. The number of nitrogens with zero attached hydrogens (tertiary/aromatic N) is 4. The van der Waals surface area contributed by atoms with Crippen molar-refractivity contribution in [1.82, 2.24) is 30.4 Å².